The highest BCUT2D eigenvalue weighted by molar-refractivity contribution is 5.98. The first-order valence-corrected chi connectivity index (χ1v) is 16.1. The molecule has 0 spiro atoms. The number of carbonyl (C=O) groups excluding carboxylic acids is 1. The monoisotopic (exact) mass is 674 g/mol. The third-order valence-corrected chi connectivity index (χ3v) is 8.04. The van der Waals surface area contributed by atoms with Gasteiger partial charge in [-0.3, -0.25) is 14.2 Å². The van der Waals surface area contributed by atoms with Crippen LogP contribution in [0.25, 0.3) is 11.1 Å². The summed E-state index contributed by atoms with van der Waals surface area (Å²) in [6.45, 7) is 12.8. The van der Waals surface area contributed by atoms with Crippen molar-refractivity contribution in [3.8, 4) is 16.9 Å². The number of anilines is 1. The fourth-order valence-electron chi connectivity index (χ4n) is 5.74. The van der Waals surface area contributed by atoms with E-state index in [9.17, 15) is 28.3 Å². The minimum absolute atomic E-state index is 0.0390. The number of rotatable bonds is 7. The molecule has 262 valence electrons. The van der Waals surface area contributed by atoms with Gasteiger partial charge in [0.2, 0.25) is 6.43 Å². The molecule has 3 aromatic rings. The standard InChI is InChI=1S/C31H35FN4O6.C2H4F2.C2H6/c1-17-14-21(36-9-12-41-13-10-36)16-24(32)26(17)29(37)34-25(31(39)40)15-20-7-8-23(28-22(20)6-5-11-42-28)27-18(2)33-19(3)35(4)30(27)38;1-2(3)4;1-2/h7-8,14,16,25H,5-6,9-13,15H2,1-4H3,(H,34,37)(H,39,40);2H,1H3;1-2H3/t25-;;/m0../s1. The molecule has 2 aliphatic rings. The maximum atomic E-state index is 15.2. The Balaban J connectivity index is 0.000000970. The van der Waals surface area contributed by atoms with Crippen molar-refractivity contribution in [2.24, 2.45) is 7.05 Å². The fraction of sp³-hybridized carbons (Fsp3) is 0.486. The smallest absolute Gasteiger partial charge is 0.326 e. The van der Waals surface area contributed by atoms with Gasteiger partial charge in [-0.2, -0.15) is 0 Å². The highest BCUT2D eigenvalue weighted by Crippen LogP contribution is 2.38. The molecule has 10 nitrogen and oxygen atoms in total. The van der Waals surface area contributed by atoms with Crippen LogP contribution in [0.3, 0.4) is 0 Å². The number of hydrogen-bond donors (Lipinski definition) is 2. The van der Waals surface area contributed by atoms with Crippen LogP contribution in [0.4, 0.5) is 18.9 Å². The average molecular weight is 675 g/mol. The van der Waals surface area contributed by atoms with Gasteiger partial charge >= 0.3 is 5.97 Å². The van der Waals surface area contributed by atoms with Gasteiger partial charge in [-0.1, -0.05) is 26.0 Å². The van der Waals surface area contributed by atoms with Crippen molar-refractivity contribution in [3.05, 3.63) is 74.2 Å². The molecule has 2 aromatic carbocycles. The first kappa shape index (κ1) is 38.1. The fourth-order valence-corrected chi connectivity index (χ4v) is 5.74. The lowest BCUT2D eigenvalue weighted by Gasteiger charge is -2.29. The van der Waals surface area contributed by atoms with Crippen molar-refractivity contribution in [1.29, 1.82) is 0 Å². The van der Waals surface area contributed by atoms with Crippen LogP contribution in [0.2, 0.25) is 0 Å². The number of aliphatic carboxylic acids is 1. The molecular formula is C35H45F3N4O6. The van der Waals surface area contributed by atoms with Gasteiger partial charge in [0.15, 0.2) is 0 Å². The first-order valence-electron chi connectivity index (χ1n) is 16.1. The number of benzene rings is 2. The minimum atomic E-state index is -2.17. The maximum Gasteiger partial charge on any atom is 0.326 e. The van der Waals surface area contributed by atoms with Crippen LogP contribution >= 0.6 is 0 Å². The van der Waals surface area contributed by atoms with E-state index in [1.165, 1.54) is 10.6 Å². The summed E-state index contributed by atoms with van der Waals surface area (Å²) in [4.78, 5) is 45.2. The Morgan fingerprint density at radius 2 is 1.73 bits per heavy atom. The molecule has 0 bridgehead atoms. The van der Waals surface area contributed by atoms with E-state index in [1.807, 2.05) is 18.7 Å². The molecular weight excluding hydrogens is 629 g/mol. The zero-order valence-electron chi connectivity index (χ0n) is 28.6. The van der Waals surface area contributed by atoms with Crippen LogP contribution < -0.4 is 20.5 Å². The number of morpholine rings is 1. The number of nitrogens with zero attached hydrogens (tertiary/aromatic N) is 3. The lowest BCUT2D eigenvalue weighted by molar-refractivity contribution is -0.139. The van der Waals surface area contributed by atoms with Crippen molar-refractivity contribution < 1.29 is 37.3 Å². The Kier molecular flexibility index (Phi) is 13.6. The number of carbonyl (C=O) groups is 2. The van der Waals surface area contributed by atoms with E-state index in [2.05, 4.69) is 10.3 Å². The van der Waals surface area contributed by atoms with Crippen LogP contribution in [-0.2, 0) is 29.4 Å². The zero-order valence-corrected chi connectivity index (χ0v) is 28.6. The molecule has 1 saturated heterocycles. The number of carboxylic acids is 1. The van der Waals surface area contributed by atoms with Crippen molar-refractivity contribution >= 4 is 17.6 Å². The third kappa shape index (κ3) is 8.94. The summed E-state index contributed by atoms with van der Waals surface area (Å²) in [5.74, 6) is -1.63. The minimum Gasteiger partial charge on any atom is -0.493 e. The number of aromatic nitrogens is 2. The van der Waals surface area contributed by atoms with Gasteiger partial charge in [0.25, 0.3) is 11.5 Å². The lowest BCUT2D eigenvalue weighted by Crippen LogP contribution is -2.43. The van der Waals surface area contributed by atoms with Crippen LogP contribution in [0.1, 0.15) is 65.8 Å². The molecule has 2 N–H and O–H groups in total. The highest BCUT2D eigenvalue weighted by atomic mass is 19.3. The first-order chi connectivity index (χ1) is 22.8. The Morgan fingerprint density at radius 1 is 1.08 bits per heavy atom. The number of hydrogen-bond acceptors (Lipinski definition) is 7. The van der Waals surface area contributed by atoms with E-state index < -0.39 is 30.2 Å². The Bertz CT molecular complexity index is 1650. The number of amides is 1. The molecule has 1 amide bonds. The molecule has 13 heteroatoms. The van der Waals surface area contributed by atoms with Crippen molar-refractivity contribution in [3.63, 3.8) is 0 Å². The Labute approximate surface area is 278 Å². The van der Waals surface area contributed by atoms with E-state index >= 15 is 4.39 Å². The second-order valence-corrected chi connectivity index (χ2v) is 11.3. The predicted octanol–water partition coefficient (Wildman–Crippen LogP) is 5.40. The lowest BCUT2D eigenvalue weighted by atomic mass is 9.90. The Morgan fingerprint density at radius 3 is 2.33 bits per heavy atom. The summed E-state index contributed by atoms with van der Waals surface area (Å²) in [7, 11) is 1.66. The zero-order chi connectivity index (χ0) is 35.7. The summed E-state index contributed by atoms with van der Waals surface area (Å²) in [6, 6.07) is 5.24. The summed E-state index contributed by atoms with van der Waals surface area (Å²) < 4.78 is 48.8. The number of carboxylic acid groups (broad SMARTS) is 1. The predicted molar refractivity (Wildman–Crippen MR) is 178 cm³/mol. The number of aryl methyl sites for hydroxylation is 3. The van der Waals surface area contributed by atoms with E-state index in [0.29, 0.717) is 84.5 Å². The summed E-state index contributed by atoms with van der Waals surface area (Å²) in [5, 5.41) is 12.6. The number of halogens is 3. The molecule has 0 aliphatic carbocycles. The number of nitrogens with one attached hydrogen (secondary N) is 1. The summed E-state index contributed by atoms with van der Waals surface area (Å²) in [6.07, 6.45) is -0.868. The number of fused-ring (bicyclic) bond motifs is 1. The topological polar surface area (TPSA) is 123 Å². The molecule has 1 aromatic heterocycles. The van der Waals surface area contributed by atoms with Gasteiger partial charge in [-0.15, -0.1) is 0 Å². The molecule has 1 fully saturated rings. The molecule has 3 heterocycles. The number of alkyl halides is 2. The van der Waals surface area contributed by atoms with Gasteiger partial charge in [0.1, 0.15) is 23.4 Å². The quantitative estimate of drug-likeness (QED) is 0.342. The molecule has 0 unspecified atom stereocenters. The Hall–Kier alpha value is -4.39. The van der Waals surface area contributed by atoms with Gasteiger partial charge in [0.05, 0.1) is 36.6 Å². The molecule has 48 heavy (non-hydrogen) atoms. The summed E-state index contributed by atoms with van der Waals surface area (Å²) >= 11 is 0. The number of ether oxygens (including phenoxy) is 2. The van der Waals surface area contributed by atoms with Gasteiger partial charge in [-0.25, -0.2) is 22.9 Å². The van der Waals surface area contributed by atoms with Crippen LogP contribution in [0.15, 0.2) is 29.1 Å². The second kappa shape index (κ2) is 17.1. The molecule has 1 atom stereocenters. The van der Waals surface area contributed by atoms with Crippen LogP contribution in [0.5, 0.6) is 5.75 Å². The van der Waals surface area contributed by atoms with Crippen LogP contribution in [-0.4, -0.2) is 71.9 Å². The van der Waals surface area contributed by atoms with Gasteiger partial charge in [-0.05, 0) is 69.4 Å². The molecule has 0 radical (unpaired) electrons. The average Bonchev–Trinajstić information content (AvgIpc) is 3.05. The maximum absolute atomic E-state index is 15.2. The second-order valence-electron chi connectivity index (χ2n) is 11.3. The van der Waals surface area contributed by atoms with E-state index in [4.69, 9.17) is 9.47 Å². The molecule has 2 aliphatic heterocycles. The highest BCUT2D eigenvalue weighted by Gasteiger charge is 2.29. The van der Waals surface area contributed by atoms with E-state index in [0.717, 1.165) is 18.9 Å². The summed E-state index contributed by atoms with van der Waals surface area (Å²) in [5.41, 5.74) is 3.77. The van der Waals surface area contributed by atoms with E-state index in [-0.39, 0.29) is 17.5 Å². The van der Waals surface area contributed by atoms with Crippen LogP contribution in [0, 0.1) is 26.6 Å². The normalized spacial score (nSPS) is 14.4. The third-order valence-electron chi connectivity index (χ3n) is 8.04. The van der Waals surface area contributed by atoms with Crippen molar-refractivity contribution in [2.75, 3.05) is 37.8 Å². The van der Waals surface area contributed by atoms with E-state index in [1.54, 1.807) is 46.0 Å². The van der Waals surface area contributed by atoms with Crippen molar-refractivity contribution in [2.45, 2.75) is 73.3 Å². The molecule has 5 rings (SSSR count). The van der Waals surface area contributed by atoms with Gasteiger partial charge < -0.3 is 24.8 Å². The van der Waals surface area contributed by atoms with Gasteiger partial charge in [0, 0.05) is 37.8 Å². The van der Waals surface area contributed by atoms with Crippen molar-refractivity contribution in [1.82, 2.24) is 14.9 Å². The SMILES string of the molecule is CC.CC(F)F.Cc1cc(N2CCOCC2)cc(F)c1C(=O)N[C@@H](Cc1ccc(-c2c(C)nc(C)n(C)c2=O)c2c1CCCO2)C(=O)O. The molecule has 0 saturated carbocycles. The largest absolute Gasteiger partial charge is 0.493 e.